The number of hydrogen-bond donors (Lipinski definition) is 2. The number of carbonyl (C=O) groups is 2. The summed E-state index contributed by atoms with van der Waals surface area (Å²) in [5, 5.41) is 5.59. The van der Waals surface area contributed by atoms with E-state index >= 15 is 0 Å². The van der Waals surface area contributed by atoms with Crippen LogP contribution in [0.15, 0.2) is 41.2 Å². The van der Waals surface area contributed by atoms with Crippen LogP contribution in [-0.4, -0.2) is 41.9 Å². The average Bonchev–Trinajstić information content (AvgIpc) is 3.21. The minimum absolute atomic E-state index is 0.0157. The number of rotatable bonds is 6. The molecule has 1 saturated heterocycles. The van der Waals surface area contributed by atoms with Crippen LogP contribution in [0.5, 0.6) is 0 Å². The van der Waals surface area contributed by atoms with Crippen molar-refractivity contribution in [2.24, 2.45) is 0 Å². The summed E-state index contributed by atoms with van der Waals surface area (Å²) in [6, 6.07) is 4.81. The van der Waals surface area contributed by atoms with E-state index in [1.165, 1.54) is 24.7 Å². The molecular formula is C20H23F2N3O3. The highest BCUT2D eigenvalue weighted by Crippen LogP contribution is 2.16. The first-order chi connectivity index (χ1) is 13.4. The lowest BCUT2D eigenvalue weighted by molar-refractivity contribution is -0.123. The third kappa shape index (κ3) is 5.16. The molecule has 2 amide bonds. The lowest BCUT2D eigenvalue weighted by Crippen LogP contribution is -2.50. The lowest BCUT2D eigenvalue weighted by Gasteiger charge is -2.33. The van der Waals surface area contributed by atoms with Gasteiger partial charge in [-0.2, -0.15) is 0 Å². The third-order valence-corrected chi connectivity index (χ3v) is 4.85. The molecule has 1 aliphatic rings. The second kappa shape index (κ2) is 8.97. The molecule has 1 aliphatic heterocycles. The number of carbonyl (C=O) groups excluding carboxylic acids is 2. The van der Waals surface area contributed by atoms with Gasteiger partial charge in [0.25, 0.3) is 5.91 Å². The van der Waals surface area contributed by atoms with Crippen LogP contribution in [0.4, 0.5) is 8.78 Å². The second-order valence-corrected chi connectivity index (χ2v) is 7.01. The van der Waals surface area contributed by atoms with Crippen molar-refractivity contribution in [3.05, 3.63) is 59.6 Å². The van der Waals surface area contributed by atoms with Crippen molar-refractivity contribution >= 4 is 11.8 Å². The first kappa shape index (κ1) is 20.0. The molecule has 150 valence electrons. The quantitative estimate of drug-likeness (QED) is 0.793. The molecule has 6 nitrogen and oxygen atoms in total. The highest BCUT2D eigenvalue weighted by atomic mass is 19.2. The van der Waals surface area contributed by atoms with E-state index in [1.54, 1.807) is 13.0 Å². The van der Waals surface area contributed by atoms with Crippen LogP contribution in [-0.2, 0) is 11.3 Å². The number of benzene rings is 1. The molecule has 0 saturated carbocycles. The molecule has 0 radical (unpaired) electrons. The smallest absolute Gasteiger partial charge is 0.255 e. The van der Waals surface area contributed by atoms with E-state index in [1.807, 2.05) is 0 Å². The minimum atomic E-state index is -0.848. The molecule has 1 fully saturated rings. The maximum absolute atomic E-state index is 13.3. The molecule has 1 aromatic heterocycles. The predicted molar refractivity (Wildman–Crippen MR) is 98.4 cm³/mol. The summed E-state index contributed by atoms with van der Waals surface area (Å²) in [7, 11) is 0. The minimum Gasteiger partial charge on any atom is -0.472 e. The van der Waals surface area contributed by atoms with Crippen molar-refractivity contribution in [2.45, 2.75) is 38.4 Å². The van der Waals surface area contributed by atoms with Gasteiger partial charge >= 0.3 is 0 Å². The van der Waals surface area contributed by atoms with Gasteiger partial charge in [-0.05, 0) is 43.5 Å². The number of likely N-dealkylation sites (tertiary alicyclic amines) is 1. The fraction of sp³-hybridized carbons (Fsp3) is 0.400. The Hall–Kier alpha value is -2.74. The van der Waals surface area contributed by atoms with Gasteiger partial charge in [-0.3, -0.25) is 14.5 Å². The highest BCUT2D eigenvalue weighted by molar-refractivity contribution is 5.97. The summed E-state index contributed by atoms with van der Waals surface area (Å²) in [5.74, 6) is -2.29. The highest BCUT2D eigenvalue weighted by Gasteiger charge is 2.24. The first-order valence-electron chi connectivity index (χ1n) is 9.22. The Morgan fingerprint density at radius 1 is 1.21 bits per heavy atom. The van der Waals surface area contributed by atoms with Crippen molar-refractivity contribution in [3.8, 4) is 0 Å². The SMILES string of the molecule is CC(NC(=O)c1ccoc1)C(=O)NC1CCN(Cc2ccc(F)c(F)c2)CC1. The number of piperidine rings is 1. The van der Waals surface area contributed by atoms with Crippen LogP contribution in [0.3, 0.4) is 0 Å². The maximum Gasteiger partial charge on any atom is 0.255 e. The van der Waals surface area contributed by atoms with Crippen LogP contribution in [0.2, 0.25) is 0 Å². The van der Waals surface area contributed by atoms with Crippen LogP contribution < -0.4 is 10.6 Å². The number of furan rings is 1. The molecule has 0 bridgehead atoms. The number of nitrogens with zero attached hydrogens (tertiary/aromatic N) is 1. The van der Waals surface area contributed by atoms with Crippen molar-refractivity contribution in [1.29, 1.82) is 0 Å². The van der Waals surface area contributed by atoms with E-state index < -0.39 is 17.7 Å². The van der Waals surface area contributed by atoms with Gasteiger partial charge in [0.05, 0.1) is 11.8 Å². The zero-order chi connectivity index (χ0) is 20.1. The van der Waals surface area contributed by atoms with Gasteiger partial charge in [0, 0.05) is 25.7 Å². The van der Waals surface area contributed by atoms with Gasteiger partial charge in [-0.25, -0.2) is 8.78 Å². The zero-order valence-corrected chi connectivity index (χ0v) is 15.6. The molecule has 2 aromatic rings. The molecule has 0 aliphatic carbocycles. The van der Waals surface area contributed by atoms with Gasteiger partial charge in [0.15, 0.2) is 11.6 Å². The summed E-state index contributed by atoms with van der Waals surface area (Å²) < 4.78 is 31.2. The van der Waals surface area contributed by atoms with Crippen molar-refractivity contribution < 1.29 is 22.8 Å². The van der Waals surface area contributed by atoms with Crippen LogP contribution >= 0.6 is 0 Å². The molecule has 3 rings (SSSR count). The molecular weight excluding hydrogens is 368 g/mol. The number of amides is 2. The average molecular weight is 391 g/mol. The van der Waals surface area contributed by atoms with Gasteiger partial charge < -0.3 is 15.1 Å². The van der Waals surface area contributed by atoms with E-state index in [9.17, 15) is 18.4 Å². The van der Waals surface area contributed by atoms with E-state index in [4.69, 9.17) is 4.42 Å². The first-order valence-corrected chi connectivity index (χ1v) is 9.22. The van der Waals surface area contributed by atoms with E-state index in [0.717, 1.165) is 37.6 Å². The monoisotopic (exact) mass is 391 g/mol. The number of nitrogens with one attached hydrogen (secondary N) is 2. The third-order valence-electron chi connectivity index (χ3n) is 4.85. The Labute approximate surface area is 161 Å². The fourth-order valence-corrected chi connectivity index (χ4v) is 3.20. The molecule has 1 aromatic carbocycles. The topological polar surface area (TPSA) is 74.6 Å². The van der Waals surface area contributed by atoms with E-state index in [0.29, 0.717) is 12.1 Å². The largest absolute Gasteiger partial charge is 0.472 e. The molecule has 1 unspecified atom stereocenters. The second-order valence-electron chi connectivity index (χ2n) is 7.01. The lowest BCUT2D eigenvalue weighted by atomic mass is 10.0. The van der Waals surface area contributed by atoms with Crippen molar-refractivity contribution in [2.75, 3.05) is 13.1 Å². The van der Waals surface area contributed by atoms with Crippen molar-refractivity contribution in [3.63, 3.8) is 0 Å². The summed E-state index contributed by atoms with van der Waals surface area (Å²) in [5.41, 5.74) is 1.09. The summed E-state index contributed by atoms with van der Waals surface area (Å²) >= 11 is 0. The van der Waals surface area contributed by atoms with Gasteiger partial charge in [-0.15, -0.1) is 0 Å². The van der Waals surface area contributed by atoms with E-state index in [-0.39, 0.29) is 17.9 Å². The van der Waals surface area contributed by atoms with Crippen molar-refractivity contribution in [1.82, 2.24) is 15.5 Å². The molecule has 8 heteroatoms. The van der Waals surface area contributed by atoms with E-state index in [2.05, 4.69) is 15.5 Å². The molecule has 0 spiro atoms. The Balaban J connectivity index is 1.42. The van der Waals surface area contributed by atoms with Gasteiger partial charge in [0.1, 0.15) is 12.3 Å². The summed E-state index contributed by atoms with van der Waals surface area (Å²) in [6.45, 7) is 3.64. The predicted octanol–water partition coefficient (Wildman–Crippen LogP) is 2.46. The molecule has 1 atom stereocenters. The standard InChI is InChI=1S/C20H23F2N3O3/c1-13(23-20(27)15-6-9-28-12-15)19(26)24-16-4-7-25(8-5-16)11-14-2-3-17(21)18(22)10-14/h2-3,6,9-10,12-13,16H,4-5,7-8,11H2,1H3,(H,23,27)(H,24,26). The normalized spacial score (nSPS) is 16.5. The maximum atomic E-state index is 13.3. The van der Waals surface area contributed by atoms with Crippen LogP contribution in [0.25, 0.3) is 0 Å². The molecule has 2 N–H and O–H groups in total. The number of hydrogen-bond acceptors (Lipinski definition) is 4. The summed E-state index contributed by atoms with van der Waals surface area (Å²) in [6.07, 6.45) is 4.21. The molecule has 28 heavy (non-hydrogen) atoms. The molecule has 2 heterocycles. The Kier molecular flexibility index (Phi) is 6.41. The van der Waals surface area contributed by atoms with Crippen LogP contribution in [0, 0.1) is 11.6 Å². The van der Waals surface area contributed by atoms with Gasteiger partial charge in [-0.1, -0.05) is 6.07 Å². The van der Waals surface area contributed by atoms with Gasteiger partial charge in [0.2, 0.25) is 5.91 Å². The Bertz CT molecular complexity index is 818. The zero-order valence-electron chi connectivity index (χ0n) is 15.6. The summed E-state index contributed by atoms with van der Waals surface area (Å²) in [4.78, 5) is 26.4. The number of halogens is 2. The Morgan fingerprint density at radius 3 is 2.61 bits per heavy atom. The Morgan fingerprint density at radius 2 is 1.96 bits per heavy atom. The fourth-order valence-electron chi connectivity index (χ4n) is 3.20. The van der Waals surface area contributed by atoms with Crippen LogP contribution in [0.1, 0.15) is 35.7 Å².